The second-order valence-corrected chi connectivity index (χ2v) is 6.95. The molecular formula is C15H28N4S. The molecule has 2 rings (SSSR count). The molecule has 0 fully saturated rings. The Labute approximate surface area is 127 Å². The van der Waals surface area contributed by atoms with E-state index in [2.05, 4.69) is 50.1 Å². The first kappa shape index (κ1) is 15.7. The normalized spacial score (nSPS) is 20.0. The second-order valence-electron chi connectivity index (χ2n) is 5.94. The van der Waals surface area contributed by atoms with Crippen molar-refractivity contribution in [2.45, 2.75) is 45.2 Å². The number of hydrogen-bond acceptors (Lipinski definition) is 5. The van der Waals surface area contributed by atoms with Gasteiger partial charge in [0, 0.05) is 30.1 Å². The minimum atomic E-state index is 0.496. The van der Waals surface area contributed by atoms with Crippen LogP contribution in [0.3, 0.4) is 0 Å². The predicted octanol–water partition coefficient (Wildman–Crippen LogP) is 2.52. The molecule has 5 heteroatoms. The van der Waals surface area contributed by atoms with E-state index in [1.165, 1.54) is 28.5 Å². The number of thiazole rings is 1. The van der Waals surface area contributed by atoms with Crippen molar-refractivity contribution in [2.75, 3.05) is 39.1 Å². The van der Waals surface area contributed by atoms with Crippen LogP contribution in [0.4, 0.5) is 5.13 Å². The maximum atomic E-state index is 4.93. The molecule has 0 saturated heterocycles. The molecule has 0 aliphatic heterocycles. The maximum Gasteiger partial charge on any atom is 0.186 e. The fraction of sp³-hybridized carbons (Fsp3) is 0.800. The van der Waals surface area contributed by atoms with Gasteiger partial charge in [0.25, 0.3) is 0 Å². The molecule has 0 amide bonds. The number of rotatable bonds is 6. The fourth-order valence-electron chi connectivity index (χ4n) is 3.07. The summed E-state index contributed by atoms with van der Waals surface area (Å²) in [5.41, 5.74) is 1.33. The molecule has 0 radical (unpaired) electrons. The number of likely N-dealkylation sites (N-methyl/N-ethyl adjacent to an activating group) is 2. The van der Waals surface area contributed by atoms with Crippen LogP contribution in [0.25, 0.3) is 0 Å². The van der Waals surface area contributed by atoms with Gasteiger partial charge in [0.1, 0.15) is 0 Å². The molecule has 114 valence electrons. The molecule has 1 aromatic heterocycles. The maximum absolute atomic E-state index is 4.93. The lowest BCUT2D eigenvalue weighted by Crippen LogP contribution is -2.40. The number of nitrogens with zero attached hydrogens (tertiary/aromatic N) is 3. The van der Waals surface area contributed by atoms with Gasteiger partial charge in [-0.15, -0.1) is 0 Å². The van der Waals surface area contributed by atoms with Crippen molar-refractivity contribution in [3.8, 4) is 0 Å². The smallest absolute Gasteiger partial charge is 0.186 e. The molecule has 2 unspecified atom stereocenters. The van der Waals surface area contributed by atoms with Crippen molar-refractivity contribution in [3.05, 3.63) is 10.6 Å². The second kappa shape index (κ2) is 6.87. The van der Waals surface area contributed by atoms with E-state index in [9.17, 15) is 0 Å². The molecule has 0 aromatic carbocycles. The lowest BCUT2D eigenvalue weighted by Gasteiger charge is -2.29. The summed E-state index contributed by atoms with van der Waals surface area (Å²) in [7, 11) is 6.33. The van der Waals surface area contributed by atoms with Crippen LogP contribution in [0, 0.1) is 0 Å². The van der Waals surface area contributed by atoms with Crippen molar-refractivity contribution in [1.29, 1.82) is 0 Å². The Morgan fingerprint density at radius 1 is 1.45 bits per heavy atom. The minimum absolute atomic E-state index is 0.496. The van der Waals surface area contributed by atoms with Crippen molar-refractivity contribution in [3.63, 3.8) is 0 Å². The van der Waals surface area contributed by atoms with E-state index in [-0.39, 0.29) is 0 Å². The summed E-state index contributed by atoms with van der Waals surface area (Å²) >= 11 is 1.89. The van der Waals surface area contributed by atoms with Crippen molar-refractivity contribution in [1.82, 2.24) is 15.2 Å². The van der Waals surface area contributed by atoms with Gasteiger partial charge in [-0.25, -0.2) is 4.98 Å². The lowest BCUT2D eigenvalue weighted by molar-refractivity contribution is 0.373. The Hall–Kier alpha value is -0.650. The molecule has 1 heterocycles. The monoisotopic (exact) mass is 296 g/mol. The average Bonchev–Trinajstić information content (AvgIpc) is 2.81. The van der Waals surface area contributed by atoms with Gasteiger partial charge in [-0.05, 0) is 54.3 Å². The lowest BCUT2D eigenvalue weighted by atomic mass is 9.98. The molecule has 1 aliphatic carbocycles. The first-order valence-electron chi connectivity index (χ1n) is 7.65. The topological polar surface area (TPSA) is 31.4 Å². The first-order valence-corrected chi connectivity index (χ1v) is 8.46. The highest BCUT2D eigenvalue weighted by Gasteiger charge is 2.26. The van der Waals surface area contributed by atoms with Gasteiger partial charge in [-0.2, -0.15) is 0 Å². The summed E-state index contributed by atoms with van der Waals surface area (Å²) in [6.07, 6.45) is 3.63. The van der Waals surface area contributed by atoms with Gasteiger partial charge in [-0.1, -0.05) is 11.3 Å². The van der Waals surface area contributed by atoms with Gasteiger partial charge >= 0.3 is 0 Å². The molecule has 0 bridgehead atoms. The van der Waals surface area contributed by atoms with Crippen LogP contribution < -0.4 is 10.2 Å². The van der Waals surface area contributed by atoms with Gasteiger partial charge in [0.05, 0.1) is 5.69 Å². The molecule has 4 nitrogen and oxygen atoms in total. The third kappa shape index (κ3) is 3.32. The summed E-state index contributed by atoms with van der Waals surface area (Å²) in [5, 5.41) is 4.64. The minimum Gasteiger partial charge on any atom is -0.344 e. The summed E-state index contributed by atoms with van der Waals surface area (Å²) in [5.74, 6) is 0. The molecule has 1 aromatic rings. The zero-order chi connectivity index (χ0) is 14.7. The molecule has 1 N–H and O–H groups in total. The van der Waals surface area contributed by atoms with E-state index in [0.717, 1.165) is 19.5 Å². The van der Waals surface area contributed by atoms with Gasteiger partial charge in [0.15, 0.2) is 5.13 Å². The van der Waals surface area contributed by atoms with Crippen molar-refractivity contribution < 1.29 is 0 Å². The van der Waals surface area contributed by atoms with E-state index >= 15 is 0 Å². The van der Waals surface area contributed by atoms with E-state index in [4.69, 9.17) is 4.98 Å². The number of hydrogen-bond donors (Lipinski definition) is 1. The Morgan fingerprint density at radius 3 is 2.80 bits per heavy atom. The van der Waals surface area contributed by atoms with Crippen molar-refractivity contribution >= 4 is 16.5 Å². The predicted molar refractivity (Wildman–Crippen MR) is 87.9 cm³/mol. The number of fused-ring (bicyclic) bond motifs is 1. The van der Waals surface area contributed by atoms with Crippen LogP contribution in [0.2, 0.25) is 0 Å². The van der Waals surface area contributed by atoms with Crippen LogP contribution in [0.5, 0.6) is 0 Å². The van der Waals surface area contributed by atoms with Crippen LogP contribution in [-0.4, -0.2) is 50.2 Å². The SMILES string of the molecule is CCN(c1nc2c(s1)C(NC)CCC2)C(C)CN(C)C. The van der Waals surface area contributed by atoms with Crippen LogP contribution in [0.1, 0.15) is 43.3 Å². The highest BCUT2D eigenvalue weighted by atomic mass is 32.1. The number of aryl methyl sites for hydroxylation is 1. The Bertz CT molecular complexity index is 430. The Balaban J connectivity index is 2.21. The number of anilines is 1. The Kier molecular flexibility index (Phi) is 5.41. The number of nitrogens with one attached hydrogen (secondary N) is 1. The summed E-state index contributed by atoms with van der Waals surface area (Å²) in [6.45, 7) is 6.60. The zero-order valence-electron chi connectivity index (χ0n) is 13.4. The highest BCUT2D eigenvalue weighted by Crippen LogP contribution is 2.37. The first-order chi connectivity index (χ1) is 9.56. The molecular weight excluding hydrogens is 268 g/mol. The zero-order valence-corrected chi connectivity index (χ0v) is 14.3. The summed E-state index contributed by atoms with van der Waals surface area (Å²) in [4.78, 5) is 11.1. The van der Waals surface area contributed by atoms with Crippen LogP contribution in [0.15, 0.2) is 0 Å². The quantitative estimate of drug-likeness (QED) is 0.874. The van der Waals surface area contributed by atoms with E-state index in [0.29, 0.717) is 12.1 Å². The molecule has 1 aliphatic rings. The van der Waals surface area contributed by atoms with Crippen molar-refractivity contribution in [2.24, 2.45) is 0 Å². The third-order valence-electron chi connectivity index (χ3n) is 4.04. The Morgan fingerprint density at radius 2 is 2.20 bits per heavy atom. The molecule has 0 spiro atoms. The van der Waals surface area contributed by atoms with E-state index < -0.39 is 0 Å². The molecule has 0 saturated carbocycles. The number of aromatic nitrogens is 1. The van der Waals surface area contributed by atoms with Crippen LogP contribution in [-0.2, 0) is 6.42 Å². The third-order valence-corrected chi connectivity index (χ3v) is 5.28. The largest absolute Gasteiger partial charge is 0.344 e. The average molecular weight is 296 g/mol. The molecule has 20 heavy (non-hydrogen) atoms. The summed E-state index contributed by atoms with van der Waals surface area (Å²) in [6, 6.07) is 1.00. The summed E-state index contributed by atoms with van der Waals surface area (Å²) < 4.78 is 0. The van der Waals surface area contributed by atoms with E-state index in [1.54, 1.807) is 0 Å². The highest BCUT2D eigenvalue weighted by molar-refractivity contribution is 7.15. The van der Waals surface area contributed by atoms with Crippen LogP contribution >= 0.6 is 11.3 Å². The fourth-order valence-corrected chi connectivity index (χ4v) is 4.49. The molecule has 2 atom stereocenters. The standard InChI is InChI=1S/C15H28N4S/c1-6-19(11(2)10-18(4)5)15-17-13-9-7-8-12(16-3)14(13)20-15/h11-12,16H,6-10H2,1-5H3. The van der Waals surface area contributed by atoms with E-state index in [1.807, 2.05) is 11.3 Å². The van der Waals surface area contributed by atoms with Gasteiger partial charge in [-0.3, -0.25) is 0 Å². The van der Waals surface area contributed by atoms with Gasteiger partial charge in [0.2, 0.25) is 0 Å². The van der Waals surface area contributed by atoms with Gasteiger partial charge < -0.3 is 15.1 Å².